The van der Waals surface area contributed by atoms with E-state index in [1.54, 1.807) is 12.1 Å². The summed E-state index contributed by atoms with van der Waals surface area (Å²) in [5.41, 5.74) is 0.957. The summed E-state index contributed by atoms with van der Waals surface area (Å²) in [4.78, 5) is 12.0. The smallest absolute Gasteiger partial charge is 0.239 e. The monoisotopic (exact) mass is 264 g/mol. The number of hydrogen-bond donors (Lipinski definition) is 2. The largest absolute Gasteiger partial charge is 0.378 e. The fourth-order valence-electron chi connectivity index (χ4n) is 2.48. The van der Waals surface area contributed by atoms with Crippen LogP contribution in [0.25, 0.3) is 0 Å². The van der Waals surface area contributed by atoms with Gasteiger partial charge in [0.1, 0.15) is 11.9 Å². The van der Waals surface area contributed by atoms with Crippen molar-refractivity contribution in [1.82, 2.24) is 10.6 Å². The van der Waals surface area contributed by atoms with Crippen LogP contribution in [0.1, 0.15) is 17.9 Å². The number of benzene rings is 1. The van der Waals surface area contributed by atoms with Gasteiger partial charge in [-0.3, -0.25) is 4.79 Å². The van der Waals surface area contributed by atoms with Crippen molar-refractivity contribution in [2.24, 2.45) is 0 Å². The first-order chi connectivity index (χ1) is 9.24. The first-order valence-electron chi connectivity index (χ1n) is 6.61. The van der Waals surface area contributed by atoms with Gasteiger partial charge in [-0.05, 0) is 24.1 Å². The molecule has 0 aromatic heterocycles. The Labute approximate surface area is 111 Å². The molecule has 1 heterocycles. The van der Waals surface area contributed by atoms with Gasteiger partial charge in [0.2, 0.25) is 5.91 Å². The molecule has 2 N–H and O–H groups in total. The maximum Gasteiger partial charge on any atom is 0.239 e. The van der Waals surface area contributed by atoms with E-state index >= 15 is 0 Å². The van der Waals surface area contributed by atoms with Gasteiger partial charge >= 0.3 is 0 Å². The van der Waals surface area contributed by atoms with E-state index in [4.69, 9.17) is 4.74 Å². The lowest BCUT2D eigenvalue weighted by molar-refractivity contribution is -0.126. The molecule has 0 radical (unpaired) electrons. The van der Waals surface area contributed by atoms with Crippen molar-refractivity contribution in [2.75, 3.05) is 19.8 Å². The third kappa shape index (κ3) is 2.93. The van der Waals surface area contributed by atoms with Crippen LogP contribution in [0.2, 0.25) is 0 Å². The first-order valence-corrected chi connectivity index (χ1v) is 6.61. The SMILES string of the molecule is O=C(N[C@@H]1C[C@H]1c1cccc(F)c1)[C@@H]1COCCN1. The van der Waals surface area contributed by atoms with Gasteiger partial charge in [-0.2, -0.15) is 0 Å². The van der Waals surface area contributed by atoms with E-state index in [0.717, 1.165) is 12.0 Å². The summed E-state index contributed by atoms with van der Waals surface area (Å²) in [5.74, 6) is -0.00964. The van der Waals surface area contributed by atoms with Crippen LogP contribution in [0.15, 0.2) is 24.3 Å². The molecule has 0 spiro atoms. The Balaban J connectivity index is 1.54. The fraction of sp³-hybridized carbons (Fsp3) is 0.500. The van der Waals surface area contributed by atoms with Crippen LogP contribution in [-0.2, 0) is 9.53 Å². The molecule has 0 unspecified atom stereocenters. The number of carbonyl (C=O) groups excluding carboxylic acids is 1. The van der Waals surface area contributed by atoms with Crippen molar-refractivity contribution >= 4 is 5.91 Å². The molecule has 1 aromatic carbocycles. The molecule has 4 nitrogen and oxygen atoms in total. The number of ether oxygens (including phenoxy) is 1. The summed E-state index contributed by atoms with van der Waals surface area (Å²) in [6.45, 7) is 1.78. The maximum absolute atomic E-state index is 13.1. The van der Waals surface area contributed by atoms with Gasteiger partial charge in [-0.15, -0.1) is 0 Å². The summed E-state index contributed by atoms with van der Waals surface area (Å²) in [7, 11) is 0. The van der Waals surface area contributed by atoms with Crippen molar-refractivity contribution in [3.8, 4) is 0 Å². The Morgan fingerprint density at radius 3 is 3.11 bits per heavy atom. The van der Waals surface area contributed by atoms with E-state index < -0.39 is 0 Å². The van der Waals surface area contributed by atoms with Crippen molar-refractivity contribution in [1.29, 1.82) is 0 Å². The van der Waals surface area contributed by atoms with E-state index in [1.807, 2.05) is 6.07 Å². The minimum absolute atomic E-state index is 0.0244. The molecule has 19 heavy (non-hydrogen) atoms. The molecule has 1 aromatic rings. The molecule has 1 saturated heterocycles. The molecule has 1 aliphatic carbocycles. The van der Waals surface area contributed by atoms with Crippen LogP contribution in [0, 0.1) is 5.82 Å². The van der Waals surface area contributed by atoms with Gasteiger partial charge in [-0.25, -0.2) is 4.39 Å². The topological polar surface area (TPSA) is 50.4 Å². The Bertz CT molecular complexity index is 474. The third-order valence-electron chi connectivity index (χ3n) is 3.63. The molecule has 0 bridgehead atoms. The molecule has 2 fully saturated rings. The van der Waals surface area contributed by atoms with Crippen molar-refractivity contribution < 1.29 is 13.9 Å². The van der Waals surface area contributed by atoms with Crippen LogP contribution < -0.4 is 10.6 Å². The number of halogens is 1. The molecular formula is C14H17FN2O2. The van der Waals surface area contributed by atoms with Crippen LogP contribution >= 0.6 is 0 Å². The highest BCUT2D eigenvalue weighted by molar-refractivity contribution is 5.82. The zero-order chi connectivity index (χ0) is 13.2. The lowest BCUT2D eigenvalue weighted by Gasteiger charge is -2.22. The number of hydrogen-bond acceptors (Lipinski definition) is 3. The minimum Gasteiger partial charge on any atom is -0.378 e. The van der Waals surface area contributed by atoms with Gasteiger partial charge in [-0.1, -0.05) is 12.1 Å². The molecular weight excluding hydrogens is 247 g/mol. The fourth-order valence-corrected chi connectivity index (χ4v) is 2.48. The van der Waals surface area contributed by atoms with Crippen LogP contribution in [-0.4, -0.2) is 37.7 Å². The second kappa shape index (κ2) is 5.27. The molecule has 5 heteroatoms. The molecule has 3 atom stereocenters. The normalized spacial score (nSPS) is 29.8. The lowest BCUT2D eigenvalue weighted by atomic mass is 10.1. The van der Waals surface area contributed by atoms with Gasteiger partial charge in [0.15, 0.2) is 0 Å². The Morgan fingerprint density at radius 1 is 1.47 bits per heavy atom. The summed E-state index contributed by atoms with van der Waals surface area (Å²) in [6, 6.07) is 6.45. The van der Waals surface area contributed by atoms with Crippen molar-refractivity contribution in [3.63, 3.8) is 0 Å². The quantitative estimate of drug-likeness (QED) is 0.848. The van der Waals surface area contributed by atoms with E-state index in [9.17, 15) is 9.18 Å². The number of rotatable bonds is 3. The summed E-state index contributed by atoms with van der Waals surface area (Å²) in [5, 5.41) is 6.11. The Morgan fingerprint density at radius 2 is 2.37 bits per heavy atom. The van der Waals surface area contributed by atoms with E-state index in [1.165, 1.54) is 6.07 Å². The van der Waals surface area contributed by atoms with Gasteiger partial charge in [0.05, 0.1) is 13.2 Å². The van der Waals surface area contributed by atoms with Crippen molar-refractivity contribution in [2.45, 2.75) is 24.4 Å². The number of amides is 1. The van der Waals surface area contributed by atoms with E-state index in [0.29, 0.717) is 19.8 Å². The minimum atomic E-state index is -0.262. The second-order valence-electron chi connectivity index (χ2n) is 5.09. The zero-order valence-electron chi connectivity index (χ0n) is 10.6. The molecule has 1 amide bonds. The third-order valence-corrected chi connectivity index (χ3v) is 3.63. The molecule has 102 valence electrons. The van der Waals surface area contributed by atoms with Crippen LogP contribution in [0.4, 0.5) is 4.39 Å². The standard InChI is InChI=1S/C14H17FN2O2/c15-10-3-1-2-9(6-10)11-7-12(11)17-14(18)13-8-19-5-4-16-13/h1-3,6,11-13,16H,4-5,7-8H2,(H,17,18)/t11-,12+,13-/m0/s1. The average molecular weight is 264 g/mol. The summed E-state index contributed by atoms with van der Waals surface area (Å²) < 4.78 is 18.4. The number of morpholine rings is 1. The van der Waals surface area contributed by atoms with Gasteiger partial charge in [0, 0.05) is 18.5 Å². The highest BCUT2D eigenvalue weighted by Gasteiger charge is 2.40. The lowest BCUT2D eigenvalue weighted by Crippen LogP contribution is -2.51. The molecule has 1 aliphatic heterocycles. The van der Waals surface area contributed by atoms with Crippen LogP contribution in [0.3, 0.4) is 0 Å². The first kappa shape index (κ1) is 12.6. The predicted molar refractivity (Wildman–Crippen MR) is 68.3 cm³/mol. The van der Waals surface area contributed by atoms with E-state index in [2.05, 4.69) is 10.6 Å². The Hall–Kier alpha value is -1.46. The zero-order valence-corrected chi connectivity index (χ0v) is 10.6. The van der Waals surface area contributed by atoms with Gasteiger partial charge in [0.25, 0.3) is 0 Å². The van der Waals surface area contributed by atoms with Crippen LogP contribution in [0.5, 0.6) is 0 Å². The summed E-state index contributed by atoms with van der Waals surface area (Å²) in [6.07, 6.45) is 0.878. The average Bonchev–Trinajstić information content (AvgIpc) is 3.19. The molecule has 1 saturated carbocycles. The Kier molecular flexibility index (Phi) is 3.48. The second-order valence-corrected chi connectivity index (χ2v) is 5.09. The number of nitrogens with one attached hydrogen (secondary N) is 2. The van der Waals surface area contributed by atoms with Gasteiger partial charge < -0.3 is 15.4 Å². The number of carbonyl (C=O) groups is 1. The van der Waals surface area contributed by atoms with Crippen molar-refractivity contribution in [3.05, 3.63) is 35.6 Å². The highest BCUT2D eigenvalue weighted by Crippen LogP contribution is 2.40. The maximum atomic E-state index is 13.1. The molecule has 3 rings (SSSR count). The predicted octanol–water partition coefficient (Wildman–Crippen LogP) is 0.786. The molecule has 2 aliphatic rings. The summed E-state index contributed by atoms with van der Waals surface area (Å²) >= 11 is 0. The van der Waals surface area contributed by atoms with E-state index in [-0.39, 0.29) is 29.7 Å². The highest BCUT2D eigenvalue weighted by atomic mass is 19.1.